The SMILES string of the molecule is O=C(NO)c1cncnc1. The molecule has 0 saturated carbocycles. The van der Waals surface area contributed by atoms with Crippen LogP contribution in [0.4, 0.5) is 0 Å². The third-order valence-corrected chi connectivity index (χ3v) is 0.924. The van der Waals surface area contributed by atoms with Gasteiger partial charge in [0.15, 0.2) is 0 Å². The fraction of sp³-hybridized carbons (Fsp3) is 0. The van der Waals surface area contributed by atoms with Crippen molar-refractivity contribution in [3.05, 3.63) is 24.3 Å². The van der Waals surface area contributed by atoms with Gasteiger partial charge in [0.2, 0.25) is 0 Å². The van der Waals surface area contributed by atoms with Crippen LogP contribution in [0.25, 0.3) is 0 Å². The van der Waals surface area contributed by atoms with Crippen LogP contribution in [0.2, 0.25) is 0 Å². The molecule has 0 aliphatic heterocycles. The number of carbonyl (C=O) groups is 1. The summed E-state index contributed by atoms with van der Waals surface area (Å²) >= 11 is 0. The van der Waals surface area contributed by atoms with E-state index in [2.05, 4.69) is 9.97 Å². The number of aromatic nitrogens is 2. The van der Waals surface area contributed by atoms with Gasteiger partial charge in [-0.15, -0.1) is 0 Å². The predicted molar refractivity (Wildman–Crippen MR) is 31.3 cm³/mol. The lowest BCUT2D eigenvalue weighted by atomic mass is 10.3. The first-order chi connectivity index (χ1) is 4.84. The smallest absolute Gasteiger partial charge is 0.277 e. The molecule has 0 spiro atoms. The molecule has 5 heteroatoms. The van der Waals surface area contributed by atoms with E-state index in [1.54, 1.807) is 0 Å². The van der Waals surface area contributed by atoms with Crippen LogP contribution in [0, 0.1) is 0 Å². The Kier molecular flexibility index (Phi) is 1.91. The van der Waals surface area contributed by atoms with E-state index in [9.17, 15) is 4.79 Å². The maximum absolute atomic E-state index is 10.6. The molecular formula is C5H5N3O2. The van der Waals surface area contributed by atoms with Gasteiger partial charge in [0, 0.05) is 12.4 Å². The van der Waals surface area contributed by atoms with Gasteiger partial charge in [0.05, 0.1) is 5.56 Å². The summed E-state index contributed by atoms with van der Waals surface area (Å²) in [5.41, 5.74) is 1.69. The number of hydrogen-bond acceptors (Lipinski definition) is 4. The summed E-state index contributed by atoms with van der Waals surface area (Å²) in [6.45, 7) is 0. The van der Waals surface area contributed by atoms with Gasteiger partial charge in [-0.2, -0.15) is 0 Å². The third kappa shape index (κ3) is 1.26. The van der Waals surface area contributed by atoms with Crippen LogP contribution in [0.3, 0.4) is 0 Å². The van der Waals surface area contributed by atoms with E-state index in [-0.39, 0.29) is 5.56 Å². The minimum absolute atomic E-state index is 0.227. The highest BCUT2D eigenvalue weighted by molar-refractivity contribution is 5.92. The second-order valence-corrected chi connectivity index (χ2v) is 1.57. The summed E-state index contributed by atoms with van der Waals surface area (Å²) in [4.78, 5) is 17.7. The largest absolute Gasteiger partial charge is 0.288 e. The Labute approximate surface area is 56.7 Å². The summed E-state index contributed by atoms with van der Waals surface area (Å²) in [6.07, 6.45) is 3.91. The highest BCUT2D eigenvalue weighted by Crippen LogP contribution is 1.89. The zero-order valence-corrected chi connectivity index (χ0v) is 4.98. The molecule has 1 amide bonds. The van der Waals surface area contributed by atoms with Crippen molar-refractivity contribution in [2.24, 2.45) is 0 Å². The van der Waals surface area contributed by atoms with Gasteiger partial charge >= 0.3 is 0 Å². The predicted octanol–water partition coefficient (Wildman–Crippen LogP) is -0.404. The van der Waals surface area contributed by atoms with Crippen LogP contribution >= 0.6 is 0 Å². The Morgan fingerprint density at radius 1 is 1.50 bits per heavy atom. The van der Waals surface area contributed by atoms with E-state index >= 15 is 0 Å². The number of nitrogens with zero attached hydrogens (tertiary/aromatic N) is 2. The summed E-state index contributed by atoms with van der Waals surface area (Å²) in [5, 5.41) is 8.13. The third-order valence-electron chi connectivity index (χ3n) is 0.924. The van der Waals surface area contributed by atoms with Crippen molar-refractivity contribution in [1.29, 1.82) is 0 Å². The highest BCUT2D eigenvalue weighted by Gasteiger charge is 2.01. The molecule has 1 rings (SSSR count). The summed E-state index contributed by atoms with van der Waals surface area (Å²) < 4.78 is 0. The van der Waals surface area contributed by atoms with E-state index in [1.807, 2.05) is 0 Å². The Balaban J connectivity index is 2.85. The van der Waals surface area contributed by atoms with Gasteiger partial charge in [-0.3, -0.25) is 10.0 Å². The minimum atomic E-state index is -0.611. The molecule has 0 unspecified atom stereocenters. The minimum Gasteiger partial charge on any atom is -0.288 e. The highest BCUT2D eigenvalue weighted by atomic mass is 16.5. The molecule has 52 valence electrons. The molecule has 0 aliphatic rings. The van der Waals surface area contributed by atoms with E-state index < -0.39 is 5.91 Å². The Bertz CT molecular complexity index is 224. The molecule has 1 aromatic rings. The average Bonchev–Trinajstić information content (AvgIpc) is 2.05. The molecule has 0 atom stereocenters. The van der Waals surface area contributed by atoms with Crippen molar-refractivity contribution >= 4 is 5.91 Å². The van der Waals surface area contributed by atoms with Crippen molar-refractivity contribution < 1.29 is 10.0 Å². The number of carbonyl (C=O) groups excluding carboxylic acids is 1. The molecule has 2 N–H and O–H groups in total. The van der Waals surface area contributed by atoms with E-state index in [0.717, 1.165) is 0 Å². The average molecular weight is 139 g/mol. The zero-order valence-electron chi connectivity index (χ0n) is 4.98. The molecule has 0 aliphatic carbocycles. The normalized spacial score (nSPS) is 8.90. The van der Waals surface area contributed by atoms with Gasteiger partial charge in [-0.1, -0.05) is 0 Å². The topological polar surface area (TPSA) is 75.1 Å². The lowest BCUT2D eigenvalue weighted by molar-refractivity contribution is 0.0705. The van der Waals surface area contributed by atoms with Crippen LogP contribution in [0.1, 0.15) is 10.4 Å². The van der Waals surface area contributed by atoms with Crippen LogP contribution in [-0.4, -0.2) is 21.1 Å². The number of rotatable bonds is 1. The molecule has 0 saturated heterocycles. The van der Waals surface area contributed by atoms with Crippen molar-refractivity contribution in [2.45, 2.75) is 0 Å². The molecule has 0 fully saturated rings. The fourth-order valence-corrected chi connectivity index (χ4v) is 0.481. The van der Waals surface area contributed by atoms with Gasteiger partial charge in [-0.05, 0) is 0 Å². The molecule has 1 heterocycles. The number of hydrogen-bond donors (Lipinski definition) is 2. The first-order valence-corrected chi connectivity index (χ1v) is 2.54. The fourth-order valence-electron chi connectivity index (χ4n) is 0.481. The Morgan fingerprint density at radius 3 is 2.60 bits per heavy atom. The second kappa shape index (κ2) is 2.88. The van der Waals surface area contributed by atoms with E-state index in [4.69, 9.17) is 5.21 Å². The maximum atomic E-state index is 10.6. The molecule has 0 aromatic carbocycles. The van der Waals surface area contributed by atoms with Crippen LogP contribution in [0.15, 0.2) is 18.7 Å². The van der Waals surface area contributed by atoms with Crippen LogP contribution in [0.5, 0.6) is 0 Å². The van der Waals surface area contributed by atoms with Crippen molar-refractivity contribution in [2.75, 3.05) is 0 Å². The second-order valence-electron chi connectivity index (χ2n) is 1.57. The molecule has 10 heavy (non-hydrogen) atoms. The van der Waals surface area contributed by atoms with Crippen LogP contribution in [-0.2, 0) is 0 Å². The summed E-state index contributed by atoms with van der Waals surface area (Å²) in [6, 6.07) is 0. The van der Waals surface area contributed by atoms with Crippen molar-refractivity contribution in [3.8, 4) is 0 Å². The van der Waals surface area contributed by atoms with E-state index in [1.165, 1.54) is 24.2 Å². The molecular weight excluding hydrogens is 134 g/mol. The summed E-state index contributed by atoms with van der Waals surface area (Å²) in [7, 11) is 0. The molecule has 1 aromatic heterocycles. The number of nitrogens with one attached hydrogen (secondary N) is 1. The van der Waals surface area contributed by atoms with Crippen molar-refractivity contribution in [1.82, 2.24) is 15.4 Å². The lowest BCUT2D eigenvalue weighted by Crippen LogP contribution is -2.18. The van der Waals surface area contributed by atoms with Gasteiger partial charge in [0.1, 0.15) is 6.33 Å². The zero-order chi connectivity index (χ0) is 7.40. The lowest BCUT2D eigenvalue weighted by Gasteiger charge is -1.93. The molecule has 5 nitrogen and oxygen atoms in total. The van der Waals surface area contributed by atoms with Crippen LogP contribution < -0.4 is 5.48 Å². The Hall–Kier alpha value is -1.49. The number of amides is 1. The molecule has 0 bridgehead atoms. The van der Waals surface area contributed by atoms with Gasteiger partial charge in [-0.25, -0.2) is 15.4 Å². The maximum Gasteiger partial charge on any atom is 0.277 e. The Morgan fingerprint density at radius 2 is 2.10 bits per heavy atom. The van der Waals surface area contributed by atoms with E-state index in [0.29, 0.717) is 0 Å². The summed E-state index contributed by atoms with van der Waals surface area (Å²) in [5.74, 6) is -0.611. The first-order valence-electron chi connectivity index (χ1n) is 2.54. The first kappa shape index (κ1) is 6.63. The monoisotopic (exact) mass is 139 g/mol. The van der Waals surface area contributed by atoms with Gasteiger partial charge in [0.25, 0.3) is 5.91 Å². The quantitative estimate of drug-likeness (QED) is 0.410. The number of hydroxylamine groups is 1. The standard InChI is InChI=1S/C5H5N3O2/c9-5(8-10)4-1-6-3-7-2-4/h1-3,10H,(H,8,9). The molecule has 0 radical (unpaired) electrons. The van der Waals surface area contributed by atoms with Gasteiger partial charge < -0.3 is 0 Å². The van der Waals surface area contributed by atoms with Crippen molar-refractivity contribution in [3.63, 3.8) is 0 Å².